The van der Waals surface area contributed by atoms with Crippen LogP contribution >= 0.6 is 0 Å². The number of ether oxygens (including phenoxy) is 2. The van der Waals surface area contributed by atoms with Crippen LogP contribution in [0.1, 0.15) is 33.6 Å². The number of hydrogen-bond acceptors (Lipinski definition) is 3. The molecule has 0 unspecified atom stereocenters. The van der Waals surface area contributed by atoms with Crippen LogP contribution in [0.5, 0.6) is 0 Å². The minimum atomic E-state index is -0.397. The fourth-order valence-electron chi connectivity index (χ4n) is 2.21. The molecule has 0 atom stereocenters. The van der Waals surface area contributed by atoms with Crippen molar-refractivity contribution < 1.29 is 9.47 Å². The van der Waals surface area contributed by atoms with Gasteiger partial charge in [-0.25, -0.2) is 0 Å². The molecule has 1 rings (SSSR count). The Labute approximate surface area is 98.4 Å². The lowest BCUT2D eigenvalue weighted by atomic mass is 9.94. The van der Waals surface area contributed by atoms with Gasteiger partial charge in [0, 0.05) is 19.7 Å². The number of hydrogen-bond donors (Lipinski definition) is 1. The van der Waals surface area contributed by atoms with Crippen LogP contribution in [-0.4, -0.2) is 49.2 Å². The van der Waals surface area contributed by atoms with Crippen molar-refractivity contribution in [2.75, 3.05) is 32.9 Å². The molecule has 0 radical (unpaired) electrons. The van der Waals surface area contributed by atoms with Crippen molar-refractivity contribution in [3.63, 3.8) is 0 Å². The van der Waals surface area contributed by atoms with Gasteiger partial charge < -0.3 is 14.4 Å². The monoisotopic (exact) mass is 228 g/mol. The first kappa shape index (κ1) is 13.5. The van der Waals surface area contributed by atoms with Gasteiger partial charge in [-0.1, -0.05) is 13.8 Å². The lowest BCUT2D eigenvalue weighted by molar-refractivity contribution is -0.00911. The second kappa shape index (κ2) is 6.21. The maximum Gasteiger partial charge on any atom is 0.129 e. The van der Waals surface area contributed by atoms with Gasteiger partial charge in [0.1, 0.15) is 11.4 Å². The molecule has 94 valence electrons. The number of nitrogens with one attached hydrogen (secondary N) is 1. The third-order valence-corrected chi connectivity index (χ3v) is 3.32. The minimum Gasteiger partial charge on any atom is -0.378 e. The number of nitrogens with zero attached hydrogens (tertiary/aromatic N) is 1. The van der Waals surface area contributed by atoms with Crippen molar-refractivity contribution in [3.05, 3.63) is 0 Å². The highest BCUT2D eigenvalue weighted by molar-refractivity contribution is 5.88. The van der Waals surface area contributed by atoms with Gasteiger partial charge in [0.05, 0.1) is 13.2 Å². The lowest BCUT2D eigenvalue weighted by Crippen LogP contribution is -2.53. The summed E-state index contributed by atoms with van der Waals surface area (Å²) in [5, 5.41) is 8.34. The summed E-state index contributed by atoms with van der Waals surface area (Å²) in [7, 11) is 0. The van der Waals surface area contributed by atoms with E-state index in [1.54, 1.807) is 0 Å². The molecule has 0 aromatic heterocycles. The van der Waals surface area contributed by atoms with Crippen LogP contribution in [0.25, 0.3) is 0 Å². The molecule has 1 N–H and O–H groups in total. The highest BCUT2D eigenvalue weighted by atomic mass is 16.5. The van der Waals surface area contributed by atoms with E-state index in [9.17, 15) is 0 Å². The van der Waals surface area contributed by atoms with E-state index in [-0.39, 0.29) is 0 Å². The van der Waals surface area contributed by atoms with Crippen LogP contribution in [0.2, 0.25) is 0 Å². The fourth-order valence-corrected chi connectivity index (χ4v) is 2.21. The van der Waals surface area contributed by atoms with E-state index in [2.05, 4.69) is 18.7 Å². The van der Waals surface area contributed by atoms with E-state index < -0.39 is 5.60 Å². The topological polar surface area (TPSA) is 45.5 Å². The molecule has 1 aliphatic heterocycles. The molecule has 1 fully saturated rings. The van der Waals surface area contributed by atoms with Crippen molar-refractivity contribution in [2.45, 2.75) is 39.2 Å². The quantitative estimate of drug-likeness (QED) is 0.577. The summed E-state index contributed by atoms with van der Waals surface area (Å²) in [6.45, 7) is 9.90. The summed E-state index contributed by atoms with van der Waals surface area (Å²) in [5.41, 5.74) is -0.397. The number of amidine groups is 1. The highest BCUT2D eigenvalue weighted by Crippen LogP contribution is 2.24. The summed E-state index contributed by atoms with van der Waals surface area (Å²) in [6, 6.07) is 0. The average Bonchev–Trinajstić information content (AvgIpc) is 2.36. The van der Waals surface area contributed by atoms with Crippen molar-refractivity contribution in [3.8, 4) is 0 Å². The van der Waals surface area contributed by atoms with E-state index in [4.69, 9.17) is 14.9 Å². The molecule has 4 nitrogen and oxygen atoms in total. The molecule has 1 heterocycles. The van der Waals surface area contributed by atoms with E-state index in [0.717, 1.165) is 39.1 Å². The summed E-state index contributed by atoms with van der Waals surface area (Å²) < 4.78 is 11.1. The average molecular weight is 228 g/mol. The zero-order valence-electron chi connectivity index (χ0n) is 10.7. The van der Waals surface area contributed by atoms with Crippen molar-refractivity contribution >= 4 is 5.84 Å². The molecule has 0 amide bonds. The van der Waals surface area contributed by atoms with Crippen LogP contribution < -0.4 is 0 Å². The summed E-state index contributed by atoms with van der Waals surface area (Å²) in [4.78, 5) is 2.09. The van der Waals surface area contributed by atoms with Crippen LogP contribution in [0.4, 0.5) is 0 Å². The fraction of sp³-hybridized carbons (Fsp3) is 0.917. The van der Waals surface area contributed by atoms with Crippen LogP contribution in [0.3, 0.4) is 0 Å². The molecule has 0 spiro atoms. The van der Waals surface area contributed by atoms with E-state index in [0.29, 0.717) is 12.4 Å². The standard InChI is InChI=1S/C12H24N2O2/c1-4-12(5-2,16-6-3)11(13)14-7-9-15-10-8-14/h13H,4-10H2,1-3H3. The Hall–Kier alpha value is -0.610. The van der Waals surface area contributed by atoms with Crippen LogP contribution in [0, 0.1) is 5.41 Å². The van der Waals surface area contributed by atoms with E-state index in [1.165, 1.54) is 0 Å². The van der Waals surface area contributed by atoms with Crippen molar-refractivity contribution in [1.82, 2.24) is 4.90 Å². The molecule has 16 heavy (non-hydrogen) atoms. The predicted octanol–water partition coefficient (Wildman–Crippen LogP) is 1.89. The largest absolute Gasteiger partial charge is 0.378 e. The molecule has 0 aromatic carbocycles. The molecule has 4 heteroatoms. The Balaban J connectivity index is 2.72. The van der Waals surface area contributed by atoms with Gasteiger partial charge in [0.15, 0.2) is 0 Å². The first-order valence-corrected chi connectivity index (χ1v) is 6.25. The summed E-state index contributed by atoms with van der Waals surface area (Å²) >= 11 is 0. The highest BCUT2D eigenvalue weighted by Gasteiger charge is 2.35. The molecular formula is C12H24N2O2. The van der Waals surface area contributed by atoms with Gasteiger partial charge in [-0.15, -0.1) is 0 Å². The number of morpholine rings is 1. The third kappa shape index (κ3) is 2.74. The molecule has 1 saturated heterocycles. The van der Waals surface area contributed by atoms with Crippen molar-refractivity contribution in [2.24, 2.45) is 0 Å². The second-order valence-electron chi connectivity index (χ2n) is 4.08. The van der Waals surface area contributed by atoms with Gasteiger partial charge >= 0.3 is 0 Å². The molecule has 0 aromatic rings. The Kier molecular flexibility index (Phi) is 5.22. The van der Waals surface area contributed by atoms with Gasteiger partial charge in [0.25, 0.3) is 0 Å². The van der Waals surface area contributed by atoms with E-state index in [1.807, 2.05) is 6.92 Å². The smallest absolute Gasteiger partial charge is 0.129 e. The SMILES string of the molecule is CCOC(CC)(CC)C(=N)N1CCOCC1. The number of rotatable bonds is 5. The molecule has 0 aliphatic carbocycles. The minimum absolute atomic E-state index is 0.397. The lowest BCUT2D eigenvalue weighted by Gasteiger charge is -2.40. The zero-order chi connectivity index (χ0) is 12.0. The van der Waals surface area contributed by atoms with Gasteiger partial charge in [-0.3, -0.25) is 5.41 Å². The predicted molar refractivity (Wildman–Crippen MR) is 65.1 cm³/mol. The van der Waals surface area contributed by atoms with Crippen LogP contribution in [0.15, 0.2) is 0 Å². The Bertz CT molecular complexity index is 221. The normalized spacial score (nSPS) is 17.6. The van der Waals surface area contributed by atoms with Crippen molar-refractivity contribution in [1.29, 1.82) is 5.41 Å². The molecule has 0 saturated carbocycles. The zero-order valence-corrected chi connectivity index (χ0v) is 10.7. The van der Waals surface area contributed by atoms with Gasteiger partial charge in [-0.2, -0.15) is 0 Å². The molecule has 0 bridgehead atoms. The Morgan fingerprint density at radius 1 is 1.25 bits per heavy atom. The summed E-state index contributed by atoms with van der Waals surface area (Å²) in [6.07, 6.45) is 1.71. The maximum atomic E-state index is 8.34. The van der Waals surface area contributed by atoms with E-state index >= 15 is 0 Å². The first-order valence-electron chi connectivity index (χ1n) is 6.25. The summed E-state index contributed by atoms with van der Waals surface area (Å²) in [5.74, 6) is 0.627. The molecular weight excluding hydrogens is 204 g/mol. The first-order chi connectivity index (χ1) is 7.70. The second-order valence-corrected chi connectivity index (χ2v) is 4.08. The Morgan fingerprint density at radius 3 is 2.25 bits per heavy atom. The Morgan fingerprint density at radius 2 is 1.81 bits per heavy atom. The van der Waals surface area contributed by atoms with Gasteiger partial charge in [0.2, 0.25) is 0 Å². The molecule has 1 aliphatic rings. The third-order valence-electron chi connectivity index (χ3n) is 3.32. The van der Waals surface area contributed by atoms with Gasteiger partial charge in [-0.05, 0) is 19.8 Å². The maximum absolute atomic E-state index is 8.34. The van der Waals surface area contributed by atoms with Crippen LogP contribution in [-0.2, 0) is 9.47 Å².